The highest BCUT2D eigenvalue weighted by Gasteiger charge is 2.65. The summed E-state index contributed by atoms with van der Waals surface area (Å²) in [4.78, 5) is 51.8. The number of Topliss-reactive ketones (excluding diaryl/α,β-unsaturated/α-hetero) is 1. The van der Waals surface area contributed by atoms with Gasteiger partial charge in [-0.1, -0.05) is 34.1 Å². The van der Waals surface area contributed by atoms with Crippen molar-refractivity contribution in [2.75, 3.05) is 13.7 Å². The molecule has 1 N–H and O–H groups in total. The van der Waals surface area contributed by atoms with Crippen LogP contribution in [-0.2, 0) is 20.2 Å². The number of nitrogens with one attached hydrogen (secondary N) is 1. The summed E-state index contributed by atoms with van der Waals surface area (Å²) in [6.07, 6.45) is 2.67. The molecular weight excluding hydrogens is 634 g/mol. The Bertz CT molecular complexity index is 1660. The summed E-state index contributed by atoms with van der Waals surface area (Å²) in [6.45, 7) is 8.80. The van der Waals surface area contributed by atoms with E-state index in [-0.39, 0.29) is 30.2 Å². The molecule has 1 aromatic carbocycles. The van der Waals surface area contributed by atoms with E-state index >= 15 is 8.78 Å². The zero-order valence-electron chi connectivity index (χ0n) is 29.3. The van der Waals surface area contributed by atoms with Crippen LogP contribution < -0.4 is 14.8 Å². The smallest absolute Gasteiger partial charge is 0.408 e. The van der Waals surface area contributed by atoms with Crippen LogP contribution in [-0.4, -0.2) is 70.6 Å². The molecule has 2 aromatic rings. The molecule has 8 atom stereocenters. The fraction of sp³-hybridized carbons (Fsp3) is 0.703. The van der Waals surface area contributed by atoms with Gasteiger partial charge in [-0.2, -0.15) is 8.78 Å². The molecule has 1 saturated heterocycles. The van der Waals surface area contributed by atoms with Crippen LogP contribution in [0.5, 0.6) is 11.6 Å². The highest BCUT2D eigenvalue weighted by molar-refractivity contribution is 5.92. The van der Waals surface area contributed by atoms with Gasteiger partial charge in [-0.25, -0.2) is 14.8 Å². The molecule has 49 heavy (non-hydrogen) atoms. The number of carbonyl (C=O) groups is 3. The molecule has 10 nitrogen and oxygen atoms in total. The topological polar surface area (TPSA) is 120 Å². The molecule has 7 rings (SSSR count). The molecule has 2 bridgehead atoms. The number of rotatable bonds is 3. The first-order valence-electron chi connectivity index (χ1n) is 17.9. The van der Waals surface area contributed by atoms with Gasteiger partial charge in [0.05, 0.1) is 30.7 Å². The largest absolute Gasteiger partial charge is 0.497 e. The number of carbonyl (C=O) groups excluding carboxylic acids is 3. The fourth-order valence-corrected chi connectivity index (χ4v) is 9.06. The molecule has 12 heteroatoms. The Morgan fingerprint density at radius 3 is 2.47 bits per heavy atom. The van der Waals surface area contributed by atoms with E-state index < -0.39 is 58.6 Å². The number of benzene rings is 1. The predicted octanol–water partition coefficient (Wildman–Crippen LogP) is 6.43. The first-order valence-corrected chi connectivity index (χ1v) is 17.9. The minimum absolute atomic E-state index is 0.0487. The van der Waals surface area contributed by atoms with E-state index in [1.807, 2.05) is 27.7 Å². The van der Waals surface area contributed by atoms with Crippen LogP contribution in [0, 0.1) is 34.5 Å². The number of aromatic nitrogens is 2. The molecule has 3 saturated carbocycles. The van der Waals surface area contributed by atoms with Crippen molar-refractivity contribution in [1.82, 2.24) is 20.2 Å². The minimum atomic E-state index is -3.35. The van der Waals surface area contributed by atoms with Crippen LogP contribution >= 0.6 is 0 Å². The van der Waals surface area contributed by atoms with Crippen molar-refractivity contribution >= 4 is 28.8 Å². The monoisotopic (exact) mass is 682 g/mol. The normalized spacial score (nSPS) is 33.7. The first kappa shape index (κ1) is 33.9. The van der Waals surface area contributed by atoms with E-state index in [0.717, 1.165) is 12.8 Å². The highest BCUT2D eigenvalue weighted by Crippen LogP contribution is 2.65. The van der Waals surface area contributed by atoms with Gasteiger partial charge in [-0.15, -0.1) is 0 Å². The van der Waals surface area contributed by atoms with E-state index in [1.54, 1.807) is 18.2 Å². The van der Waals surface area contributed by atoms with Crippen molar-refractivity contribution in [2.24, 2.45) is 34.5 Å². The van der Waals surface area contributed by atoms with Gasteiger partial charge in [-0.05, 0) is 87.2 Å². The molecule has 4 fully saturated rings. The summed E-state index contributed by atoms with van der Waals surface area (Å²) in [5.41, 5.74) is -1.89. The molecule has 2 amide bonds. The molecule has 1 spiro atoms. The number of methoxy groups -OCH3 is 1. The lowest BCUT2D eigenvalue weighted by molar-refractivity contribution is -0.141. The third-order valence-electron chi connectivity index (χ3n) is 12.1. The van der Waals surface area contributed by atoms with Crippen LogP contribution in [0.25, 0.3) is 11.0 Å². The van der Waals surface area contributed by atoms with Gasteiger partial charge in [0.2, 0.25) is 11.8 Å². The number of amides is 2. The van der Waals surface area contributed by atoms with E-state index in [1.165, 1.54) is 18.9 Å². The first-order chi connectivity index (χ1) is 23.2. The number of halogens is 2. The van der Waals surface area contributed by atoms with Gasteiger partial charge in [0.1, 0.15) is 24.0 Å². The number of alkyl carbamates (subject to hydrolysis) is 1. The Morgan fingerprint density at radius 1 is 1.06 bits per heavy atom. The second-order valence-corrected chi connectivity index (χ2v) is 16.2. The molecule has 266 valence electrons. The highest BCUT2D eigenvalue weighted by atomic mass is 19.3. The molecule has 0 radical (unpaired) electrons. The third kappa shape index (κ3) is 5.90. The predicted molar refractivity (Wildman–Crippen MR) is 176 cm³/mol. The lowest BCUT2D eigenvalue weighted by Gasteiger charge is -2.36. The quantitative estimate of drug-likeness (QED) is 0.393. The van der Waals surface area contributed by atoms with Crippen molar-refractivity contribution in [3.05, 3.63) is 23.9 Å². The Labute approximate surface area is 286 Å². The zero-order chi connectivity index (χ0) is 35.0. The van der Waals surface area contributed by atoms with E-state index in [2.05, 4.69) is 15.3 Å². The van der Waals surface area contributed by atoms with Crippen LogP contribution in [0.3, 0.4) is 0 Å². The Morgan fingerprint density at radius 2 is 1.82 bits per heavy atom. The zero-order valence-corrected chi connectivity index (χ0v) is 29.3. The van der Waals surface area contributed by atoms with Crippen LogP contribution in [0.1, 0.15) is 91.7 Å². The number of nitrogens with zero attached hydrogens (tertiary/aromatic N) is 3. The van der Waals surface area contributed by atoms with Crippen molar-refractivity contribution in [2.45, 2.75) is 116 Å². The average molecular weight is 683 g/mol. The van der Waals surface area contributed by atoms with Crippen LogP contribution in [0.4, 0.5) is 13.6 Å². The number of fused-ring (bicyclic) bond motifs is 7. The Kier molecular flexibility index (Phi) is 8.33. The molecule has 3 aliphatic carbocycles. The third-order valence-corrected chi connectivity index (χ3v) is 12.1. The van der Waals surface area contributed by atoms with Gasteiger partial charge >= 0.3 is 12.0 Å². The van der Waals surface area contributed by atoms with E-state index in [4.69, 9.17) is 14.2 Å². The SMILES string of the molecule is CC[C@@H]1[C@@H]2CN(C(=O)[C@H](C(C)(C)C)NC(=O)O[C@@H]3CC4CC4[C@H]3CCCC3(CC3)C(F)(F)c3nc4ccc(OC)cc4nc3O2)[C@@H]1C(C)=O. The number of hydrogen-bond acceptors (Lipinski definition) is 8. The van der Waals surface area contributed by atoms with Crippen LogP contribution in [0.2, 0.25) is 0 Å². The number of ketones is 1. The van der Waals surface area contributed by atoms with Crippen molar-refractivity contribution in [3.8, 4) is 11.6 Å². The maximum atomic E-state index is 17.0. The number of alkyl halides is 2. The van der Waals surface area contributed by atoms with E-state index in [9.17, 15) is 14.4 Å². The van der Waals surface area contributed by atoms with Gasteiger partial charge in [0.15, 0.2) is 11.5 Å². The van der Waals surface area contributed by atoms with E-state index in [0.29, 0.717) is 67.1 Å². The van der Waals surface area contributed by atoms with Gasteiger partial charge < -0.3 is 24.4 Å². The lowest BCUT2D eigenvalue weighted by atomic mass is 9.85. The molecule has 1 aromatic heterocycles. The van der Waals surface area contributed by atoms with Gasteiger partial charge in [0.25, 0.3) is 0 Å². The standard InChI is InChI=1S/C37H48F2N4O6/c1-7-22-28-18-43(29(22)19(2)44)33(45)31(35(3,4)5)42-34(46)49-27-16-20-15-24(20)23(27)9-8-12-36(13-14-36)37(38,39)30-32(48-28)41-26-17-21(47-6)10-11-25(26)40-30/h10-11,17,20,22-24,27-29,31H,7-9,12-16,18H2,1-6H3,(H,42,46)/t20?,22-,23-,24?,27-,28+,29-,31-/m1/s1. The molecule has 5 aliphatic rings. The summed E-state index contributed by atoms with van der Waals surface area (Å²) in [6, 6.07) is 3.02. The summed E-state index contributed by atoms with van der Waals surface area (Å²) < 4.78 is 51.9. The summed E-state index contributed by atoms with van der Waals surface area (Å²) in [5, 5.41) is 2.87. The van der Waals surface area contributed by atoms with Gasteiger partial charge in [0, 0.05) is 17.4 Å². The summed E-state index contributed by atoms with van der Waals surface area (Å²) >= 11 is 0. The Hall–Kier alpha value is -3.57. The second-order valence-electron chi connectivity index (χ2n) is 16.2. The van der Waals surface area contributed by atoms with Crippen molar-refractivity contribution in [3.63, 3.8) is 0 Å². The molecule has 2 unspecified atom stereocenters. The lowest BCUT2D eigenvalue weighted by Crippen LogP contribution is -2.57. The van der Waals surface area contributed by atoms with Crippen molar-refractivity contribution in [1.29, 1.82) is 0 Å². The number of hydrogen-bond donors (Lipinski definition) is 1. The summed E-state index contributed by atoms with van der Waals surface area (Å²) in [7, 11) is 1.51. The average Bonchev–Trinajstić information content (AvgIpc) is 3.94. The molecule has 2 aliphatic heterocycles. The second kappa shape index (κ2) is 12.0. The minimum Gasteiger partial charge on any atom is -0.497 e. The fourth-order valence-electron chi connectivity index (χ4n) is 9.06. The van der Waals surface area contributed by atoms with Crippen LogP contribution in [0.15, 0.2) is 18.2 Å². The van der Waals surface area contributed by atoms with Gasteiger partial charge in [-0.3, -0.25) is 9.59 Å². The Balaban J connectivity index is 1.33. The maximum Gasteiger partial charge on any atom is 0.408 e. The summed E-state index contributed by atoms with van der Waals surface area (Å²) in [5.74, 6) is -3.37. The van der Waals surface area contributed by atoms with Crippen molar-refractivity contribution < 1.29 is 37.4 Å². The number of ether oxygens (including phenoxy) is 3. The molecular formula is C37H48F2N4O6. The maximum absolute atomic E-state index is 17.0. The molecule has 3 heterocycles.